The molecule has 0 aromatic heterocycles. The van der Waals surface area contributed by atoms with E-state index < -0.39 is 0 Å². The molecule has 0 amide bonds. The van der Waals surface area contributed by atoms with Crippen LogP contribution in [0.2, 0.25) is 0 Å². The van der Waals surface area contributed by atoms with Gasteiger partial charge in [-0.05, 0) is 32.1 Å². The molecule has 2 fully saturated rings. The van der Waals surface area contributed by atoms with E-state index >= 15 is 0 Å². The van der Waals surface area contributed by atoms with E-state index in [1.807, 2.05) is 0 Å². The van der Waals surface area contributed by atoms with Crippen molar-refractivity contribution in [3.63, 3.8) is 0 Å². The van der Waals surface area contributed by atoms with E-state index in [2.05, 4.69) is 18.7 Å². The van der Waals surface area contributed by atoms with Gasteiger partial charge in [0.2, 0.25) is 0 Å². The summed E-state index contributed by atoms with van der Waals surface area (Å²) in [6.45, 7) is 6.94. The largest absolute Gasteiger partial charge is 0.329 e. The number of rotatable bonds is 2. The number of likely N-dealkylation sites (tertiary alicyclic amines) is 1. The Morgan fingerprint density at radius 2 is 1.65 bits per heavy atom. The standard InChI is InChI=1S/C15H30N2/c1-13-10-14(2)17(11-13)15(12-16)8-6-4-3-5-7-9-15/h13-14H,3-12,16H2,1-2H3. The molecule has 2 atom stereocenters. The van der Waals surface area contributed by atoms with Crippen LogP contribution in [0.25, 0.3) is 0 Å². The molecule has 2 N–H and O–H groups in total. The Kier molecular flexibility index (Phi) is 4.48. The highest BCUT2D eigenvalue weighted by atomic mass is 15.3. The molecular weight excluding hydrogens is 208 g/mol. The van der Waals surface area contributed by atoms with Crippen molar-refractivity contribution < 1.29 is 0 Å². The van der Waals surface area contributed by atoms with Crippen LogP contribution < -0.4 is 5.73 Å². The Hall–Kier alpha value is -0.0800. The van der Waals surface area contributed by atoms with Gasteiger partial charge in [0.25, 0.3) is 0 Å². The second-order valence-corrected chi connectivity index (χ2v) is 6.54. The summed E-state index contributed by atoms with van der Waals surface area (Å²) >= 11 is 0. The Morgan fingerprint density at radius 3 is 2.12 bits per heavy atom. The Labute approximate surface area is 107 Å². The first-order valence-electron chi connectivity index (χ1n) is 7.65. The van der Waals surface area contributed by atoms with Crippen LogP contribution in [-0.2, 0) is 0 Å². The third-order valence-corrected chi connectivity index (χ3v) is 5.06. The zero-order chi connectivity index (χ0) is 12.3. The Balaban J connectivity index is 2.10. The fraction of sp³-hybridized carbons (Fsp3) is 1.00. The highest BCUT2D eigenvalue weighted by Gasteiger charge is 2.41. The van der Waals surface area contributed by atoms with Crippen LogP contribution in [0.4, 0.5) is 0 Å². The summed E-state index contributed by atoms with van der Waals surface area (Å²) in [4.78, 5) is 2.77. The van der Waals surface area contributed by atoms with Crippen molar-refractivity contribution in [2.24, 2.45) is 11.7 Å². The third kappa shape index (κ3) is 2.85. The van der Waals surface area contributed by atoms with Crippen molar-refractivity contribution >= 4 is 0 Å². The highest BCUT2D eigenvalue weighted by Crippen LogP contribution is 2.37. The van der Waals surface area contributed by atoms with Gasteiger partial charge >= 0.3 is 0 Å². The SMILES string of the molecule is CC1CC(C)N(C2(CN)CCCCCCC2)C1. The molecule has 2 unspecified atom stereocenters. The van der Waals surface area contributed by atoms with Gasteiger partial charge in [-0.25, -0.2) is 0 Å². The van der Waals surface area contributed by atoms with Gasteiger partial charge in [0.05, 0.1) is 0 Å². The molecule has 1 aliphatic carbocycles. The van der Waals surface area contributed by atoms with Crippen LogP contribution in [0, 0.1) is 5.92 Å². The molecule has 17 heavy (non-hydrogen) atoms. The van der Waals surface area contributed by atoms with Crippen molar-refractivity contribution in [3.05, 3.63) is 0 Å². The average Bonchev–Trinajstić information content (AvgIpc) is 2.59. The smallest absolute Gasteiger partial charge is 0.0334 e. The summed E-state index contributed by atoms with van der Waals surface area (Å²) < 4.78 is 0. The fourth-order valence-electron chi connectivity index (χ4n) is 4.13. The minimum atomic E-state index is 0.338. The second kappa shape index (κ2) is 5.71. The molecule has 0 bridgehead atoms. The van der Waals surface area contributed by atoms with E-state index in [1.165, 1.54) is 57.9 Å². The lowest BCUT2D eigenvalue weighted by molar-refractivity contribution is 0.0587. The molecule has 2 aliphatic rings. The predicted octanol–water partition coefficient (Wildman–Crippen LogP) is 3.16. The minimum absolute atomic E-state index is 0.338. The van der Waals surface area contributed by atoms with Crippen LogP contribution in [0.15, 0.2) is 0 Å². The van der Waals surface area contributed by atoms with Crippen molar-refractivity contribution in [3.8, 4) is 0 Å². The average molecular weight is 238 g/mol. The van der Waals surface area contributed by atoms with E-state index in [4.69, 9.17) is 5.73 Å². The second-order valence-electron chi connectivity index (χ2n) is 6.54. The molecule has 1 saturated carbocycles. The fourth-order valence-corrected chi connectivity index (χ4v) is 4.13. The van der Waals surface area contributed by atoms with Gasteiger partial charge in [-0.2, -0.15) is 0 Å². The summed E-state index contributed by atoms with van der Waals surface area (Å²) in [7, 11) is 0. The van der Waals surface area contributed by atoms with Crippen molar-refractivity contribution in [1.82, 2.24) is 4.90 Å². The number of hydrogen-bond acceptors (Lipinski definition) is 2. The van der Waals surface area contributed by atoms with E-state index in [0.717, 1.165) is 18.5 Å². The lowest BCUT2D eigenvalue weighted by Gasteiger charge is -2.45. The molecular formula is C15H30N2. The molecule has 0 aromatic carbocycles. The summed E-state index contributed by atoms with van der Waals surface area (Å²) in [6.07, 6.45) is 11.1. The maximum absolute atomic E-state index is 6.20. The quantitative estimate of drug-likeness (QED) is 0.800. The van der Waals surface area contributed by atoms with E-state index in [9.17, 15) is 0 Å². The normalized spacial score (nSPS) is 35.5. The van der Waals surface area contributed by atoms with E-state index in [1.54, 1.807) is 0 Å². The maximum Gasteiger partial charge on any atom is 0.0334 e. The first-order chi connectivity index (χ1) is 8.18. The minimum Gasteiger partial charge on any atom is -0.329 e. The molecule has 1 saturated heterocycles. The first kappa shape index (κ1) is 13.4. The van der Waals surface area contributed by atoms with Gasteiger partial charge in [0.1, 0.15) is 0 Å². The van der Waals surface area contributed by atoms with Crippen molar-refractivity contribution in [1.29, 1.82) is 0 Å². The zero-order valence-corrected chi connectivity index (χ0v) is 11.8. The van der Waals surface area contributed by atoms with Gasteiger partial charge in [-0.15, -0.1) is 0 Å². The van der Waals surface area contributed by atoms with Crippen LogP contribution in [-0.4, -0.2) is 29.6 Å². The Bertz CT molecular complexity index is 231. The molecule has 0 spiro atoms. The lowest BCUT2D eigenvalue weighted by Crippen LogP contribution is -2.55. The van der Waals surface area contributed by atoms with Gasteiger partial charge < -0.3 is 5.73 Å². The van der Waals surface area contributed by atoms with E-state index in [0.29, 0.717) is 5.54 Å². The summed E-state index contributed by atoms with van der Waals surface area (Å²) in [6, 6.07) is 0.743. The zero-order valence-electron chi connectivity index (χ0n) is 11.8. The monoisotopic (exact) mass is 238 g/mol. The molecule has 2 nitrogen and oxygen atoms in total. The Morgan fingerprint density at radius 1 is 1.06 bits per heavy atom. The maximum atomic E-state index is 6.20. The van der Waals surface area contributed by atoms with E-state index in [-0.39, 0.29) is 0 Å². The van der Waals surface area contributed by atoms with Crippen LogP contribution >= 0.6 is 0 Å². The molecule has 0 aromatic rings. The number of nitrogens with zero attached hydrogens (tertiary/aromatic N) is 1. The lowest BCUT2D eigenvalue weighted by atomic mass is 9.82. The number of hydrogen-bond donors (Lipinski definition) is 1. The van der Waals surface area contributed by atoms with Crippen molar-refractivity contribution in [2.45, 2.75) is 76.8 Å². The molecule has 100 valence electrons. The predicted molar refractivity (Wildman–Crippen MR) is 74.1 cm³/mol. The van der Waals surface area contributed by atoms with Crippen LogP contribution in [0.1, 0.15) is 65.2 Å². The number of nitrogens with two attached hydrogens (primary N) is 1. The topological polar surface area (TPSA) is 29.3 Å². The summed E-state index contributed by atoms with van der Waals surface area (Å²) in [5.74, 6) is 0.860. The van der Waals surface area contributed by atoms with Crippen LogP contribution in [0.5, 0.6) is 0 Å². The molecule has 2 heteroatoms. The molecule has 2 rings (SSSR count). The molecule has 1 heterocycles. The third-order valence-electron chi connectivity index (χ3n) is 5.06. The van der Waals surface area contributed by atoms with Crippen LogP contribution in [0.3, 0.4) is 0 Å². The van der Waals surface area contributed by atoms with Gasteiger partial charge in [-0.1, -0.05) is 39.0 Å². The van der Waals surface area contributed by atoms with Gasteiger partial charge in [0, 0.05) is 24.7 Å². The van der Waals surface area contributed by atoms with Gasteiger partial charge in [0.15, 0.2) is 0 Å². The highest BCUT2D eigenvalue weighted by molar-refractivity contribution is 4.98. The van der Waals surface area contributed by atoms with Crippen molar-refractivity contribution in [2.75, 3.05) is 13.1 Å². The molecule has 1 aliphatic heterocycles. The summed E-state index contributed by atoms with van der Waals surface area (Å²) in [5.41, 5.74) is 6.54. The molecule has 0 radical (unpaired) electrons. The first-order valence-corrected chi connectivity index (χ1v) is 7.65. The van der Waals surface area contributed by atoms with Gasteiger partial charge in [-0.3, -0.25) is 4.90 Å². The summed E-state index contributed by atoms with van der Waals surface area (Å²) in [5, 5.41) is 0.